The summed E-state index contributed by atoms with van der Waals surface area (Å²) in [5.74, 6) is 0.798. The van der Waals surface area contributed by atoms with E-state index in [-0.39, 0.29) is 12.0 Å². The van der Waals surface area contributed by atoms with E-state index < -0.39 is 5.97 Å². The largest absolute Gasteiger partial charge is 0.454 e. The normalized spacial score (nSPS) is 11.5. The summed E-state index contributed by atoms with van der Waals surface area (Å²) in [7, 11) is 0. The Kier molecular flexibility index (Phi) is 4.71. The number of esters is 1. The van der Waals surface area contributed by atoms with Crippen LogP contribution in [0.4, 0.5) is 0 Å². The fraction of sp³-hybridized carbons (Fsp3) is 0.294. The average Bonchev–Trinajstić information content (AvgIpc) is 3.21. The molecule has 25 heavy (non-hydrogen) atoms. The molecule has 0 aliphatic heterocycles. The Morgan fingerprint density at radius 1 is 1.28 bits per heavy atom. The van der Waals surface area contributed by atoms with Crippen LogP contribution in [-0.2, 0) is 16.8 Å². The van der Waals surface area contributed by atoms with E-state index in [1.54, 1.807) is 23.0 Å². The molecule has 7 nitrogen and oxygen atoms in total. The lowest BCUT2D eigenvalue weighted by Gasteiger charge is -2.11. The third-order valence-electron chi connectivity index (χ3n) is 3.46. The van der Waals surface area contributed by atoms with E-state index in [9.17, 15) is 4.79 Å². The standard InChI is InChI=1S/C17H18BrN5O2/c1-17(2,3)16-20-14(21-22-16)10-25-15(24)11-4-6-13(7-5-11)23-9-12(18)8-19-23/h4-9H,10H2,1-3H3,(H,20,21,22). The second-order valence-corrected chi connectivity index (χ2v) is 7.50. The number of halogens is 1. The molecule has 1 aromatic carbocycles. The van der Waals surface area contributed by atoms with Crippen LogP contribution in [0.5, 0.6) is 0 Å². The van der Waals surface area contributed by atoms with Crippen molar-refractivity contribution in [3.05, 3.63) is 58.3 Å². The van der Waals surface area contributed by atoms with E-state index in [1.807, 2.05) is 39.1 Å². The number of carbonyl (C=O) groups excluding carboxylic acids is 1. The Balaban J connectivity index is 1.62. The molecule has 0 saturated heterocycles. The minimum absolute atomic E-state index is 0.0514. The number of H-pyrrole nitrogens is 1. The second kappa shape index (κ2) is 6.79. The van der Waals surface area contributed by atoms with Crippen LogP contribution in [0.3, 0.4) is 0 Å². The molecule has 0 aliphatic carbocycles. The number of carbonyl (C=O) groups is 1. The van der Waals surface area contributed by atoms with Crippen molar-refractivity contribution < 1.29 is 9.53 Å². The van der Waals surface area contributed by atoms with Crippen LogP contribution in [0.25, 0.3) is 5.69 Å². The molecule has 0 radical (unpaired) electrons. The lowest BCUT2D eigenvalue weighted by molar-refractivity contribution is 0.0462. The molecule has 0 spiro atoms. The molecule has 2 heterocycles. The summed E-state index contributed by atoms with van der Waals surface area (Å²) in [4.78, 5) is 16.5. The van der Waals surface area contributed by atoms with E-state index in [2.05, 4.69) is 36.2 Å². The highest BCUT2D eigenvalue weighted by atomic mass is 79.9. The molecule has 2 aromatic heterocycles. The molecule has 0 amide bonds. The van der Waals surface area contributed by atoms with E-state index in [0.29, 0.717) is 17.2 Å². The highest BCUT2D eigenvalue weighted by Gasteiger charge is 2.19. The highest BCUT2D eigenvalue weighted by molar-refractivity contribution is 9.10. The van der Waals surface area contributed by atoms with Crippen LogP contribution in [0.1, 0.15) is 42.8 Å². The molecule has 8 heteroatoms. The minimum Gasteiger partial charge on any atom is -0.454 e. The first-order chi connectivity index (χ1) is 11.8. The van der Waals surface area contributed by atoms with Crippen molar-refractivity contribution in [3.63, 3.8) is 0 Å². The van der Waals surface area contributed by atoms with Crippen LogP contribution in [0, 0.1) is 0 Å². The minimum atomic E-state index is -0.415. The van der Waals surface area contributed by atoms with Gasteiger partial charge in [-0.1, -0.05) is 20.8 Å². The van der Waals surface area contributed by atoms with Gasteiger partial charge in [-0.3, -0.25) is 5.10 Å². The molecule has 0 fully saturated rings. The molecular weight excluding hydrogens is 386 g/mol. The van der Waals surface area contributed by atoms with Gasteiger partial charge in [0.05, 0.1) is 21.9 Å². The molecule has 3 aromatic rings. The van der Waals surface area contributed by atoms with E-state index in [4.69, 9.17) is 4.74 Å². The van der Waals surface area contributed by atoms with E-state index in [1.165, 1.54) is 0 Å². The average molecular weight is 404 g/mol. The van der Waals surface area contributed by atoms with Gasteiger partial charge >= 0.3 is 5.97 Å². The highest BCUT2D eigenvalue weighted by Crippen LogP contribution is 2.18. The summed E-state index contributed by atoms with van der Waals surface area (Å²) in [6.07, 6.45) is 3.54. The van der Waals surface area contributed by atoms with Gasteiger partial charge in [-0.2, -0.15) is 10.2 Å². The molecule has 0 bridgehead atoms. The summed E-state index contributed by atoms with van der Waals surface area (Å²) in [5, 5.41) is 11.1. The van der Waals surface area contributed by atoms with Crippen molar-refractivity contribution in [1.29, 1.82) is 0 Å². The fourth-order valence-electron chi connectivity index (χ4n) is 2.10. The van der Waals surface area contributed by atoms with Gasteiger partial charge in [0.25, 0.3) is 0 Å². The van der Waals surface area contributed by atoms with Crippen LogP contribution < -0.4 is 0 Å². The monoisotopic (exact) mass is 403 g/mol. The number of nitrogens with zero attached hydrogens (tertiary/aromatic N) is 4. The van der Waals surface area contributed by atoms with Crippen molar-refractivity contribution in [3.8, 4) is 5.69 Å². The summed E-state index contributed by atoms with van der Waals surface area (Å²) in [6, 6.07) is 7.02. The Labute approximate surface area is 153 Å². The van der Waals surface area contributed by atoms with Gasteiger partial charge < -0.3 is 4.74 Å². The predicted octanol–water partition coefficient (Wildman–Crippen LogP) is 3.41. The number of hydrogen-bond donors (Lipinski definition) is 1. The third-order valence-corrected chi connectivity index (χ3v) is 3.87. The number of hydrogen-bond acceptors (Lipinski definition) is 5. The van der Waals surface area contributed by atoms with Crippen molar-refractivity contribution >= 4 is 21.9 Å². The molecular formula is C17H18BrN5O2. The molecule has 3 rings (SSSR count). The van der Waals surface area contributed by atoms with Crippen molar-refractivity contribution in [1.82, 2.24) is 25.0 Å². The second-order valence-electron chi connectivity index (χ2n) is 6.58. The molecule has 0 aliphatic rings. The van der Waals surface area contributed by atoms with Gasteiger partial charge in [0, 0.05) is 11.6 Å². The topological polar surface area (TPSA) is 85.7 Å². The predicted molar refractivity (Wildman–Crippen MR) is 95.5 cm³/mol. The summed E-state index contributed by atoms with van der Waals surface area (Å²) < 4.78 is 7.88. The van der Waals surface area contributed by atoms with Crippen LogP contribution in [0.15, 0.2) is 41.1 Å². The first-order valence-corrected chi connectivity index (χ1v) is 8.52. The third kappa shape index (κ3) is 4.14. The Bertz CT molecular complexity index is 877. The summed E-state index contributed by atoms with van der Waals surface area (Å²) >= 11 is 3.35. The molecule has 130 valence electrons. The fourth-order valence-corrected chi connectivity index (χ4v) is 2.39. The van der Waals surface area contributed by atoms with Gasteiger partial charge in [-0.15, -0.1) is 0 Å². The molecule has 1 N–H and O–H groups in total. The quantitative estimate of drug-likeness (QED) is 0.674. The zero-order chi connectivity index (χ0) is 18.0. The van der Waals surface area contributed by atoms with Crippen molar-refractivity contribution in [2.24, 2.45) is 0 Å². The van der Waals surface area contributed by atoms with Gasteiger partial charge in [0.1, 0.15) is 0 Å². The summed E-state index contributed by atoms with van der Waals surface area (Å²) in [6.45, 7) is 6.11. The number of aromatic nitrogens is 5. The lowest BCUT2D eigenvalue weighted by Crippen LogP contribution is -2.13. The van der Waals surface area contributed by atoms with Gasteiger partial charge in [0.2, 0.25) is 0 Å². The maximum Gasteiger partial charge on any atom is 0.338 e. The Morgan fingerprint density at radius 3 is 2.56 bits per heavy atom. The number of aromatic amines is 1. The van der Waals surface area contributed by atoms with Crippen molar-refractivity contribution in [2.45, 2.75) is 32.8 Å². The lowest BCUT2D eigenvalue weighted by atomic mass is 9.96. The first kappa shape index (κ1) is 17.3. The molecule has 0 saturated carbocycles. The number of nitrogens with one attached hydrogen (secondary N) is 1. The van der Waals surface area contributed by atoms with E-state index in [0.717, 1.165) is 10.2 Å². The Hall–Kier alpha value is -2.48. The van der Waals surface area contributed by atoms with Crippen LogP contribution in [-0.4, -0.2) is 30.9 Å². The smallest absolute Gasteiger partial charge is 0.338 e. The zero-order valence-electron chi connectivity index (χ0n) is 14.2. The molecule has 0 atom stereocenters. The van der Waals surface area contributed by atoms with Crippen LogP contribution >= 0.6 is 15.9 Å². The zero-order valence-corrected chi connectivity index (χ0v) is 15.7. The number of ether oxygens (including phenoxy) is 1. The number of rotatable bonds is 4. The maximum atomic E-state index is 12.2. The van der Waals surface area contributed by atoms with Gasteiger partial charge in [-0.05, 0) is 40.2 Å². The van der Waals surface area contributed by atoms with Gasteiger partial charge in [0.15, 0.2) is 18.3 Å². The Morgan fingerprint density at radius 2 is 2.00 bits per heavy atom. The van der Waals surface area contributed by atoms with E-state index >= 15 is 0 Å². The first-order valence-electron chi connectivity index (χ1n) is 7.72. The van der Waals surface area contributed by atoms with Crippen LogP contribution in [0.2, 0.25) is 0 Å². The SMILES string of the molecule is CC(C)(C)c1n[nH]c(COC(=O)c2ccc(-n3cc(Br)cn3)cc2)n1. The maximum absolute atomic E-state index is 12.2. The summed E-state index contributed by atoms with van der Waals surface area (Å²) in [5.41, 5.74) is 1.16. The molecule has 0 unspecified atom stereocenters. The van der Waals surface area contributed by atoms with Gasteiger partial charge in [-0.25, -0.2) is 14.5 Å². The van der Waals surface area contributed by atoms with Crippen molar-refractivity contribution in [2.75, 3.05) is 0 Å². The number of benzene rings is 1.